The third-order valence-corrected chi connectivity index (χ3v) is 2.79. The van der Waals surface area contributed by atoms with Crippen molar-refractivity contribution in [2.24, 2.45) is 0 Å². The zero-order valence-electron chi connectivity index (χ0n) is 8.67. The van der Waals surface area contributed by atoms with Gasteiger partial charge in [0.2, 0.25) is 0 Å². The quantitative estimate of drug-likeness (QED) is 0.796. The molecule has 5 nitrogen and oxygen atoms in total. The van der Waals surface area contributed by atoms with Crippen molar-refractivity contribution < 1.29 is 5.11 Å². The lowest BCUT2D eigenvalue weighted by molar-refractivity contribution is 0.475. The minimum atomic E-state index is 0.227. The average molecular weight is 216 g/mol. The molecule has 0 saturated heterocycles. The molecular formula is C11H12N4O. The van der Waals surface area contributed by atoms with Crippen LogP contribution in [0.4, 0.5) is 5.82 Å². The fourth-order valence-electron chi connectivity index (χ4n) is 1.73. The summed E-state index contributed by atoms with van der Waals surface area (Å²) in [5.41, 5.74) is 7.70. The predicted octanol–water partition coefficient (Wildman–Crippen LogP) is 1.43. The molecule has 0 aliphatic heterocycles. The van der Waals surface area contributed by atoms with Gasteiger partial charge >= 0.3 is 0 Å². The van der Waals surface area contributed by atoms with Gasteiger partial charge < -0.3 is 10.8 Å². The highest BCUT2D eigenvalue weighted by Gasteiger charge is 2.29. The molecule has 5 heteroatoms. The van der Waals surface area contributed by atoms with Gasteiger partial charge in [0.25, 0.3) is 0 Å². The van der Waals surface area contributed by atoms with Crippen molar-refractivity contribution in [3.8, 4) is 11.4 Å². The molecular weight excluding hydrogens is 204 g/mol. The molecule has 2 aromatic rings. The zero-order chi connectivity index (χ0) is 11.1. The molecule has 1 aliphatic carbocycles. The standard InChI is InChI=1S/C11H12N4O/c12-11-10(7-1-2-7)13-14-15(11)8-3-5-9(16)6-4-8/h3-7,16H,1-2,12H2. The van der Waals surface area contributed by atoms with E-state index in [0.29, 0.717) is 11.7 Å². The number of aromatic nitrogens is 3. The number of rotatable bonds is 2. The van der Waals surface area contributed by atoms with Crippen LogP contribution in [0.25, 0.3) is 5.69 Å². The van der Waals surface area contributed by atoms with Gasteiger partial charge in [-0.1, -0.05) is 5.21 Å². The summed E-state index contributed by atoms with van der Waals surface area (Å²) >= 11 is 0. The Hall–Kier alpha value is -2.04. The number of aromatic hydroxyl groups is 1. The van der Waals surface area contributed by atoms with Gasteiger partial charge in [-0.05, 0) is 37.1 Å². The van der Waals surface area contributed by atoms with Crippen LogP contribution in [0, 0.1) is 0 Å². The Labute approximate surface area is 92.5 Å². The molecule has 1 fully saturated rings. The first-order valence-electron chi connectivity index (χ1n) is 5.26. The van der Waals surface area contributed by atoms with E-state index < -0.39 is 0 Å². The van der Waals surface area contributed by atoms with Gasteiger partial charge in [0.05, 0.1) is 5.69 Å². The third kappa shape index (κ3) is 1.41. The van der Waals surface area contributed by atoms with Crippen molar-refractivity contribution in [3.63, 3.8) is 0 Å². The van der Waals surface area contributed by atoms with Gasteiger partial charge in [-0.2, -0.15) is 4.68 Å². The van der Waals surface area contributed by atoms with E-state index in [9.17, 15) is 5.11 Å². The first kappa shape index (κ1) is 9.21. The number of benzene rings is 1. The van der Waals surface area contributed by atoms with Crippen molar-refractivity contribution >= 4 is 5.82 Å². The van der Waals surface area contributed by atoms with E-state index in [0.717, 1.165) is 24.2 Å². The SMILES string of the molecule is Nc1c(C2CC2)nnn1-c1ccc(O)cc1. The molecule has 0 bridgehead atoms. The highest BCUT2D eigenvalue weighted by molar-refractivity contribution is 5.47. The Morgan fingerprint density at radius 2 is 1.94 bits per heavy atom. The van der Waals surface area contributed by atoms with Crippen LogP contribution in [-0.4, -0.2) is 20.1 Å². The number of nitrogens with two attached hydrogens (primary N) is 1. The van der Waals surface area contributed by atoms with Gasteiger partial charge in [-0.15, -0.1) is 5.10 Å². The van der Waals surface area contributed by atoms with E-state index in [-0.39, 0.29) is 5.75 Å². The highest BCUT2D eigenvalue weighted by Crippen LogP contribution is 2.41. The first-order valence-corrected chi connectivity index (χ1v) is 5.26. The van der Waals surface area contributed by atoms with Gasteiger partial charge in [-0.25, -0.2) is 0 Å². The number of hydrogen-bond acceptors (Lipinski definition) is 4. The Morgan fingerprint density at radius 3 is 2.56 bits per heavy atom. The Balaban J connectivity index is 2.02. The number of nitrogens with zero attached hydrogens (tertiary/aromatic N) is 3. The van der Waals surface area contributed by atoms with Crippen LogP contribution < -0.4 is 5.73 Å². The highest BCUT2D eigenvalue weighted by atomic mass is 16.3. The van der Waals surface area contributed by atoms with Crippen molar-refractivity contribution in [3.05, 3.63) is 30.0 Å². The lowest BCUT2D eigenvalue weighted by atomic mass is 10.3. The van der Waals surface area contributed by atoms with Crippen LogP contribution in [0.3, 0.4) is 0 Å². The van der Waals surface area contributed by atoms with E-state index in [2.05, 4.69) is 10.3 Å². The minimum Gasteiger partial charge on any atom is -0.508 e. The fraction of sp³-hybridized carbons (Fsp3) is 0.273. The summed E-state index contributed by atoms with van der Waals surface area (Å²) in [4.78, 5) is 0. The van der Waals surface area contributed by atoms with E-state index in [4.69, 9.17) is 5.73 Å². The molecule has 0 unspecified atom stereocenters. The molecule has 0 radical (unpaired) electrons. The smallest absolute Gasteiger partial charge is 0.151 e. The lowest BCUT2D eigenvalue weighted by Gasteiger charge is -2.02. The molecule has 16 heavy (non-hydrogen) atoms. The van der Waals surface area contributed by atoms with Gasteiger partial charge in [0.15, 0.2) is 5.82 Å². The zero-order valence-corrected chi connectivity index (χ0v) is 8.67. The van der Waals surface area contributed by atoms with Crippen LogP contribution in [0.5, 0.6) is 5.75 Å². The second-order valence-corrected chi connectivity index (χ2v) is 4.06. The van der Waals surface area contributed by atoms with Gasteiger partial charge in [-0.3, -0.25) is 0 Å². The summed E-state index contributed by atoms with van der Waals surface area (Å²) in [6.45, 7) is 0. The topological polar surface area (TPSA) is 77.0 Å². The Kier molecular flexibility index (Phi) is 1.86. The van der Waals surface area contributed by atoms with Crippen LogP contribution in [0.15, 0.2) is 24.3 Å². The summed E-state index contributed by atoms with van der Waals surface area (Å²) in [5, 5.41) is 17.3. The summed E-state index contributed by atoms with van der Waals surface area (Å²) in [5.74, 6) is 1.32. The molecule has 3 rings (SSSR count). The Morgan fingerprint density at radius 1 is 1.25 bits per heavy atom. The van der Waals surface area contributed by atoms with E-state index in [1.807, 2.05) is 0 Å². The number of phenolic OH excluding ortho intramolecular Hbond substituents is 1. The molecule has 0 spiro atoms. The van der Waals surface area contributed by atoms with Crippen LogP contribution in [-0.2, 0) is 0 Å². The maximum absolute atomic E-state index is 9.20. The second kappa shape index (κ2) is 3.23. The molecule has 1 saturated carbocycles. The van der Waals surface area contributed by atoms with Gasteiger partial charge in [0, 0.05) is 5.92 Å². The van der Waals surface area contributed by atoms with Crippen molar-refractivity contribution in [1.29, 1.82) is 0 Å². The first-order chi connectivity index (χ1) is 7.75. The van der Waals surface area contributed by atoms with E-state index in [1.165, 1.54) is 0 Å². The van der Waals surface area contributed by atoms with Crippen molar-refractivity contribution in [2.75, 3.05) is 5.73 Å². The van der Waals surface area contributed by atoms with Gasteiger partial charge in [0.1, 0.15) is 11.4 Å². The third-order valence-electron chi connectivity index (χ3n) is 2.79. The van der Waals surface area contributed by atoms with Crippen LogP contribution in [0.1, 0.15) is 24.5 Å². The number of hydrogen-bond donors (Lipinski definition) is 2. The largest absolute Gasteiger partial charge is 0.508 e. The molecule has 1 aliphatic rings. The number of nitrogen functional groups attached to an aromatic ring is 1. The number of anilines is 1. The summed E-state index contributed by atoms with van der Waals surface area (Å²) in [6, 6.07) is 6.73. The maximum atomic E-state index is 9.20. The molecule has 0 atom stereocenters. The molecule has 82 valence electrons. The molecule has 0 amide bonds. The predicted molar refractivity (Wildman–Crippen MR) is 59.4 cm³/mol. The monoisotopic (exact) mass is 216 g/mol. The van der Waals surface area contributed by atoms with Crippen LogP contribution >= 0.6 is 0 Å². The fourth-order valence-corrected chi connectivity index (χ4v) is 1.73. The van der Waals surface area contributed by atoms with Crippen LogP contribution in [0.2, 0.25) is 0 Å². The van der Waals surface area contributed by atoms with Crippen molar-refractivity contribution in [2.45, 2.75) is 18.8 Å². The summed E-state index contributed by atoms with van der Waals surface area (Å²) in [7, 11) is 0. The molecule has 1 aromatic heterocycles. The van der Waals surface area contributed by atoms with Crippen molar-refractivity contribution in [1.82, 2.24) is 15.0 Å². The second-order valence-electron chi connectivity index (χ2n) is 4.06. The summed E-state index contributed by atoms with van der Waals surface area (Å²) in [6.07, 6.45) is 2.30. The minimum absolute atomic E-state index is 0.227. The lowest BCUT2D eigenvalue weighted by Crippen LogP contribution is -2.02. The normalized spacial score (nSPS) is 15.2. The summed E-state index contributed by atoms with van der Waals surface area (Å²) < 4.78 is 1.60. The molecule has 3 N–H and O–H groups in total. The maximum Gasteiger partial charge on any atom is 0.151 e. The van der Waals surface area contributed by atoms with E-state index in [1.54, 1.807) is 28.9 Å². The average Bonchev–Trinajstić information content (AvgIpc) is 3.05. The number of phenols is 1. The Bertz CT molecular complexity index is 513. The molecule has 1 heterocycles. The molecule has 1 aromatic carbocycles. The van der Waals surface area contributed by atoms with E-state index >= 15 is 0 Å².